The van der Waals surface area contributed by atoms with E-state index in [1.165, 1.54) is 26.8 Å². The normalized spacial score (nSPS) is 38.4. The Morgan fingerprint density at radius 1 is 0.864 bits per heavy atom. The van der Waals surface area contributed by atoms with Crippen LogP contribution in [0.4, 0.5) is 0 Å². The summed E-state index contributed by atoms with van der Waals surface area (Å²) in [7, 11) is 0. The van der Waals surface area contributed by atoms with Crippen LogP contribution in [0.15, 0.2) is 48.6 Å². The minimum absolute atomic E-state index is 0.0657. The number of fused-ring (bicyclic) bond motifs is 1. The summed E-state index contributed by atoms with van der Waals surface area (Å²) in [5.41, 5.74) is -2.97. The zero-order chi connectivity index (χ0) is 32.4. The van der Waals surface area contributed by atoms with Gasteiger partial charge in [0.1, 0.15) is 30.2 Å². The molecule has 4 saturated carbocycles. The van der Waals surface area contributed by atoms with E-state index in [9.17, 15) is 24.0 Å². The summed E-state index contributed by atoms with van der Waals surface area (Å²) in [5, 5.41) is 0. The number of hydrogen-bond donors (Lipinski definition) is 0. The van der Waals surface area contributed by atoms with Crippen molar-refractivity contribution in [2.45, 2.75) is 92.1 Å². The van der Waals surface area contributed by atoms with Crippen LogP contribution >= 0.6 is 0 Å². The van der Waals surface area contributed by atoms with E-state index in [2.05, 4.69) is 6.58 Å². The second kappa shape index (κ2) is 10.7. The van der Waals surface area contributed by atoms with Crippen LogP contribution in [0.2, 0.25) is 0 Å². The van der Waals surface area contributed by atoms with Crippen LogP contribution in [-0.4, -0.2) is 54.1 Å². The van der Waals surface area contributed by atoms with Crippen molar-refractivity contribution in [3.05, 3.63) is 54.1 Å². The predicted molar refractivity (Wildman–Crippen MR) is 159 cm³/mol. The molecule has 2 bridgehead atoms. The highest BCUT2D eigenvalue weighted by Gasteiger charge is 2.92. The van der Waals surface area contributed by atoms with Crippen molar-refractivity contribution in [3.63, 3.8) is 0 Å². The zero-order valence-electron chi connectivity index (χ0n) is 26.5. The minimum Gasteiger partial charge on any atom is -0.461 e. The van der Waals surface area contributed by atoms with Gasteiger partial charge in [-0.3, -0.25) is 19.2 Å². The van der Waals surface area contributed by atoms with Gasteiger partial charge in [0.2, 0.25) is 0 Å². The number of carbonyl (C=O) groups excluding carboxylic acids is 5. The van der Waals surface area contributed by atoms with Gasteiger partial charge in [-0.2, -0.15) is 0 Å². The fraction of sp³-hybridized carbons (Fsp3) is 0.571. The van der Waals surface area contributed by atoms with E-state index in [1.54, 1.807) is 6.08 Å². The van der Waals surface area contributed by atoms with Crippen molar-refractivity contribution in [1.82, 2.24) is 0 Å². The lowest BCUT2D eigenvalue weighted by Gasteiger charge is -2.60. The quantitative estimate of drug-likeness (QED) is 0.190. The Labute approximate surface area is 258 Å². The van der Waals surface area contributed by atoms with Crippen molar-refractivity contribution < 1.29 is 42.9 Å². The SMILES string of the molecule is C=C1[C@@H](OC(=O)C=Cc2ccccc2)CC[C@@]2(C)[C@@H](OC(C)=O)[C@H](OC(C)=O)[C@@]34[C@H](C)C(=O)C[C@@H]([C@@H](OC(C)=O)[C@@]132)C4(C)C. The third-order valence-corrected chi connectivity index (χ3v) is 11.4. The van der Waals surface area contributed by atoms with Gasteiger partial charge >= 0.3 is 23.9 Å². The van der Waals surface area contributed by atoms with Gasteiger partial charge in [-0.15, -0.1) is 0 Å². The topological polar surface area (TPSA) is 122 Å². The first-order chi connectivity index (χ1) is 20.6. The van der Waals surface area contributed by atoms with Gasteiger partial charge < -0.3 is 18.9 Å². The molecule has 0 heterocycles. The first kappa shape index (κ1) is 31.7. The largest absolute Gasteiger partial charge is 0.461 e. The number of ether oxygens (including phenoxy) is 4. The number of ketones is 1. The molecular weight excluding hydrogens is 564 g/mol. The molecule has 0 radical (unpaired) electrons. The molecule has 2 spiro atoms. The summed E-state index contributed by atoms with van der Waals surface area (Å²) >= 11 is 0. The molecule has 9 nitrogen and oxygen atoms in total. The number of hydrogen-bond acceptors (Lipinski definition) is 9. The fourth-order valence-corrected chi connectivity index (χ4v) is 10.2. The van der Waals surface area contributed by atoms with Crippen molar-refractivity contribution in [2.75, 3.05) is 0 Å². The molecule has 9 heteroatoms. The molecular formula is C35H42O9. The number of carbonyl (C=O) groups is 5. The van der Waals surface area contributed by atoms with Gasteiger partial charge in [-0.1, -0.05) is 64.6 Å². The van der Waals surface area contributed by atoms with Crippen molar-refractivity contribution in [2.24, 2.45) is 33.5 Å². The van der Waals surface area contributed by atoms with Crippen molar-refractivity contribution in [3.8, 4) is 0 Å². The smallest absolute Gasteiger partial charge is 0.331 e. The van der Waals surface area contributed by atoms with E-state index in [4.69, 9.17) is 18.9 Å². The summed E-state index contributed by atoms with van der Waals surface area (Å²) in [6.07, 6.45) is 0.113. The van der Waals surface area contributed by atoms with E-state index >= 15 is 0 Å². The van der Waals surface area contributed by atoms with Crippen LogP contribution in [0.3, 0.4) is 0 Å². The Morgan fingerprint density at radius 2 is 1.43 bits per heavy atom. The number of benzene rings is 1. The second-order valence-electron chi connectivity index (χ2n) is 13.6. The van der Waals surface area contributed by atoms with Crippen LogP contribution in [0.1, 0.15) is 73.3 Å². The zero-order valence-corrected chi connectivity index (χ0v) is 26.5. The van der Waals surface area contributed by atoms with E-state index < -0.39 is 81.8 Å². The van der Waals surface area contributed by atoms with Crippen LogP contribution in [0.5, 0.6) is 0 Å². The molecule has 0 unspecified atom stereocenters. The Kier molecular flexibility index (Phi) is 7.70. The lowest BCUT2D eigenvalue weighted by atomic mass is 9.42. The molecule has 1 aromatic carbocycles. The van der Waals surface area contributed by atoms with Gasteiger partial charge in [0.15, 0.2) is 0 Å². The third-order valence-electron chi connectivity index (χ3n) is 11.4. The van der Waals surface area contributed by atoms with E-state index in [1.807, 2.05) is 58.0 Å². The first-order valence-electron chi connectivity index (χ1n) is 15.2. The molecule has 0 N–H and O–H groups in total. The molecule has 0 amide bonds. The predicted octanol–water partition coefficient (Wildman–Crippen LogP) is 5.01. The molecule has 0 aliphatic heterocycles. The number of esters is 4. The highest BCUT2D eigenvalue weighted by molar-refractivity contribution is 5.88. The maximum absolute atomic E-state index is 13.9. The Balaban J connectivity index is 1.73. The molecule has 5 rings (SSSR count). The Hall–Kier alpha value is -3.75. The summed E-state index contributed by atoms with van der Waals surface area (Å²) in [5.74, 6) is -3.51. The maximum atomic E-state index is 13.9. The van der Waals surface area contributed by atoms with Crippen LogP contribution in [-0.2, 0) is 42.9 Å². The summed E-state index contributed by atoms with van der Waals surface area (Å²) in [4.78, 5) is 65.4. The molecule has 236 valence electrons. The summed E-state index contributed by atoms with van der Waals surface area (Å²) in [6.45, 7) is 16.2. The molecule has 4 aliphatic carbocycles. The molecule has 9 atom stereocenters. The van der Waals surface area contributed by atoms with E-state index in [-0.39, 0.29) is 12.2 Å². The van der Waals surface area contributed by atoms with Gasteiger partial charge in [0, 0.05) is 55.9 Å². The van der Waals surface area contributed by atoms with Crippen LogP contribution < -0.4 is 0 Å². The lowest BCUT2D eigenvalue weighted by molar-refractivity contribution is -0.194. The lowest BCUT2D eigenvalue weighted by Crippen LogP contribution is -2.63. The van der Waals surface area contributed by atoms with E-state index in [0.717, 1.165) is 5.56 Å². The number of Topliss-reactive ketones (excluding diaryl/α,β-unsaturated/α-hetero) is 1. The average molecular weight is 607 g/mol. The maximum Gasteiger partial charge on any atom is 0.331 e. The first-order valence-corrected chi connectivity index (χ1v) is 15.2. The standard InChI is InChI=1S/C35H42O9/c1-19-26(39)18-25-29(41-21(3)36)35-20(2)27(44-28(40)15-14-24-12-10-9-11-13-24)16-17-33(35,8)30(42-22(4)37)31(43-23(5)38)34(19,35)32(25,6)7/h9-15,19,25,27,29-31H,2,16-18H2,1,3-8H3/t19-,25+,27+,29-,30+,31+,33+,34-,35-/m1/s1. The van der Waals surface area contributed by atoms with Crippen molar-refractivity contribution in [1.29, 1.82) is 0 Å². The summed E-state index contributed by atoms with van der Waals surface area (Å²) < 4.78 is 24.5. The monoisotopic (exact) mass is 606 g/mol. The number of rotatable bonds is 6. The van der Waals surface area contributed by atoms with Gasteiger partial charge in [-0.05, 0) is 35.5 Å². The molecule has 0 saturated heterocycles. The highest BCUT2D eigenvalue weighted by atomic mass is 16.6. The molecule has 1 aromatic rings. The average Bonchev–Trinajstić information content (AvgIpc) is 3.18. The van der Waals surface area contributed by atoms with Crippen LogP contribution in [0, 0.1) is 33.5 Å². The minimum atomic E-state index is -1.27. The Morgan fingerprint density at radius 3 is 2.02 bits per heavy atom. The van der Waals surface area contributed by atoms with E-state index in [0.29, 0.717) is 18.4 Å². The van der Waals surface area contributed by atoms with Crippen LogP contribution in [0.25, 0.3) is 6.08 Å². The van der Waals surface area contributed by atoms with Gasteiger partial charge in [0.05, 0.1) is 5.41 Å². The molecule has 4 aliphatic rings. The second-order valence-corrected chi connectivity index (χ2v) is 13.6. The Bertz CT molecular complexity index is 1440. The van der Waals surface area contributed by atoms with Crippen molar-refractivity contribution >= 4 is 35.7 Å². The summed E-state index contributed by atoms with van der Waals surface area (Å²) in [6, 6.07) is 9.34. The highest BCUT2D eigenvalue weighted by Crippen LogP contribution is 2.86. The van der Waals surface area contributed by atoms with Gasteiger partial charge in [-0.25, -0.2) is 4.79 Å². The molecule has 0 aromatic heterocycles. The fourth-order valence-electron chi connectivity index (χ4n) is 10.2. The third kappa shape index (κ3) is 4.07. The molecule has 44 heavy (non-hydrogen) atoms. The molecule has 4 fully saturated rings. The van der Waals surface area contributed by atoms with Gasteiger partial charge in [0.25, 0.3) is 0 Å².